The fraction of sp³-hybridized carbons (Fsp3) is 0.538. The van der Waals surface area contributed by atoms with Crippen molar-refractivity contribution < 1.29 is 23.1 Å². The molecule has 1 saturated carbocycles. The zero-order valence-corrected chi connectivity index (χ0v) is 22.0. The summed E-state index contributed by atoms with van der Waals surface area (Å²) in [7, 11) is -3.74. The summed E-state index contributed by atoms with van der Waals surface area (Å²) in [5.41, 5.74) is 2.57. The van der Waals surface area contributed by atoms with Crippen LogP contribution in [0.25, 0.3) is 0 Å². The first kappa shape index (κ1) is 25.7. The molecule has 10 nitrogen and oxygen atoms in total. The second kappa shape index (κ2) is 10.5. The highest BCUT2D eigenvalue weighted by atomic mass is 32.2. The summed E-state index contributed by atoms with van der Waals surface area (Å²) in [6.45, 7) is 5.36. The van der Waals surface area contributed by atoms with E-state index in [9.17, 15) is 13.2 Å². The number of anilines is 4. The van der Waals surface area contributed by atoms with E-state index >= 15 is 0 Å². The summed E-state index contributed by atoms with van der Waals surface area (Å²) >= 11 is 0. The first-order valence-corrected chi connectivity index (χ1v) is 14.5. The number of carbonyl (C=O) groups excluding carboxylic acids is 1. The van der Waals surface area contributed by atoms with E-state index in [1.165, 1.54) is 18.9 Å². The van der Waals surface area contributed by atoms with Gasteiger partial charge in [0, 0.05) is 55.4 Å². The molecule has 1 atom stereocenters. The molecule has 3 fully saturated rings. The average Bonchev–Trinajstić information content (AvgIpc) is 3.62. The van der Waals surface area contributed by atoms with Crippen LogP contribution in [-0.4, -0.2) is 75.7 Å². The highest BCUT2D eigenvalue weighted by Gasteiger charge is 2.44. The number of ether oxygens (including phenoxy) is 1. The molecule has 1 aromatic carbocycles. The fourth-order valence-electron chi connectivity index (χ4n) is 5.15. The number of hydrogen-bond donors (Lipinski definition) is 3. The quantitative estimate of drug-likeness (QED) is 0.477. The number of benzene rings is 1. The fourth-order valence-corrected chi connectivity index (χ4v) is 5.97. The molecule has 1 spiro atoms. The summed E-state index contributed by atoms with van der Waals surface area (Å²) < 4.78 is 32.8. The molecule has 2 saturated heterocycles. The van der Waals surface area contributed by atoms with Gasteiger partial charge in [0.1, 0.15) is 5.82 Å². The SMILES string of the molecule is C[C@@H]1CN(c2cc(NC(=O)c3cc(NS(=O)(=O)CCO)cc(N4CCC5(CC4)CC5)c3)ccn2)CCO1. The van der Waals surface area contributed by atoms with Gasteiger partial charge in [-0.25, -0.2) is 13.4 Å². The Morgan fingerprint density at radius 3 is 2.59 bits per heavy atom. The van der Waals surface area contributed by atoms with Gasteiger partial charge in [-0.2, -0.15) is 0 Å². The first-order chi connectivity index (χ1) is 17.7. The lowest BCUT2D eigenvalue weighted by Crippen LogP contribution is -2.41. The Bertz CT molecular complexity index is 1240. The Labute approximate surface area is 218 Å². The zero-order valence-electron chi connectivity index (χ0n) is 21.1. The minimum Gasteiger partial charge on any atom is -0.395 e. The normalized spacial score (nSPS) is 21.1. The molecule has 1 amide bonds. The van der Waals surface area contributed by atoms with E-state index in [4.69, 9.17) is 9.84 Å². The topological polar surface area (TPSA) is 124 Å². The molecule has 11 heteroatoms. The standard InChI is InChI=1S/C26H35N5O5S/c1-19-18-31(10-12-36-19)24-17-21(2-7-27-24)28-25(33)20-14-22(29-37(34,35)13-11-32)16-23(15-20)30-8-5-26(3-4-26)6-9-30/h2,7,14-17,19,29,32H,3-6,8-13,18H2,1H3,(H,27,28,33)/t19-/m1/s1. The van der Waals surface area contributed by atoms with E-state index in [1.807, 2.05) is 19.1 Å². The number of pyridine rings is 1. The molecule has 0 radical (unpaired) electrons. The van der Waals surface area contributed by atoms with E-state index in [-0.39, 0.29) is 12.0 Å². The van der Waals surface area contributed by atoms with Gasteiger partial charge in [0.15, 0.2) is 0 Å². The third-order valence-corrected chi connectivity index (χ3v) is 8.79. The lowest BCUT2D eigenvalue weighted by Gasteiger charge is -2.34. The second-order valence-electron chi connectivity index (χ2n) is 10.4. The van der Waals surface area contributed by atoms with Crippen LogP contribution >= 0.6 is 0 Å². The van der Waals surface area contributed by atoms with Crippen LogP contribution in [0.2, 0.25) is 0 Å². The number of hydrogen-bond acceptors (Lipinski definition) is 8. The van der Waals surface area contributed by atoms with Gasteiger partial charge in [-0.05, 0) is 62.3 Å². The van der Waals surface area contributed by atoms with Gasteiger partial charge in [-0.3, -0.25) is 9.52 Å². The molecule has 3 heterocycles. The van der Waals surface area contributed by atoms with Crippen LogP contribution in [0, 0.1) is 5.41 Å². The van der Waals surface area contributed by atoms with Crippen LogP contribution in [0.3, 0.4) is 0 Å². The van der Waals surface area contributed by atoms with Crippen molar-refractivity contribution in [1.82, 2.24) is 4.98 Å². The van der Waals surface area contributed by atoms with Crippen molar-refractivity contribution in [2.24, 2.45) is 5.41 Å². The number of rotatable bonds is 8. The Hall–Kier alpha value is -2.89. The van der Waals surface area contributed by atoms with Crippen LogP contribution < -0.4 is 19.8 Å². The minimum absolute atomic E-state index is 0.106. The van der Waals surface area contributed by atoms with Crippen LogP contribution in [-0.2, 0) is 14.8 Å². The molecular formula is C26H35N5O5S. The van der Waals surface area contributed by atoms with Crippen LogP contribution in [0.1, 0.15) is 43.0 Å². The average molecular weight is 530 g/mol. The number of piperidine rings is 1. The number of nitrogens with zero attached hydrogens (tertiary/aromatic N) is 3. The van der Waals surface area contributed by atoms with Gasteiger partial charge in [0.2, 0.25) is 10.0 Å². The maximum atomic E-state index is 13.3. The van der Waals surface area contributed by atoms with Gasteiger partial charge < -0.3 is 25.0 Å². The van der Waals surface area contributed by atoms with Gasteiger partial charge in [0.25, 0.3) is 5.91 Å². The number of nitrogens with one attached hydrogen (secondary N) is 2. The van der Waals surface area contributed by atoms with Gasteiger partial charge in [-0.15, -0.1) is 0 Å². The number of morpholine rings is 1. The predicted octanol–water partition coefficient (Wildman–Crippen LogP) is 2.67. The van der Waals surface area contributed by atoms with Crippen molar-refractivity contribution in [3.8, 4) is 0 Å². The summed E-state index contributed by atoms with van der Waals surface area (Å²) in [4.78, 5) is 22.1. The van der Waals surface area contributed by atoms with Gasteiger partial charge in [-0.1, -0.05) is 0 Å². The molecule has 0 bridgehead atoms. The number of carbonyl (C=O) groups is 1. The second-order valence-corrected chi connectivity index (χ2v) is 12.2. The molecule has 2 aromatic rings. The Kier molecular flexibility index (Phi) is 7.28. The lowest BCUT2D eigenvalue weighted by atomic mass is 9.93. The smallest absolute Gasteiger partial charge is 0.255 e. The first-order valence-electron chi connectivity index (χ1n) is 12.9. The molecule has 0 unspecified atom stereocenters. The monoisotopic (exact) mass is 529 g/mol. The highest BCUT2D eigenvalue weighted by molar-refractivity contribution is 7.92. The maximum Gasteiger partial charge on any atom is 0.255 e. The number of aliphatic hydroxyl groups excluding tert-OH is 1. The van der Waals surface area contributed by atoms with Gasteiger partial charge in [0.05, 0.1) is 30.8 Å². The van der Waals surface area contributed by atoms with Crippen LogP contribution in [0.15, 0.2) is 36.5 Å². The number of amides is 1. The van der Waals surface area contributed by atoms with Crippen LogP contribution in [0.5, 0.6) is 0 Å². The third kappa shape index (κ3) is 6.34. The Balaban J connectivity index is 1.37. The van der Waals surface area contributed by atoms with Crippen molar-refractivity contribution in [3.05, 3.63) is 42.1 Å². The molecule has 5 rings (SSSR count). The lowest BCUT2D eigenvalue weighted by molar-refractivity contribution is 0.0529. The molecule has 200 valence electrons. The molecule has 3 N–H and O–H groups in total. The third-order valence-electron chi connectivity index (χ3n) is 7.53. The summed E-state index contributed by atoms with van der Waals surface area (Å²) in [6, 6.07) is 8.69. The minimum atomic E-state index is -3.74. The Morgan fingerprint density at radius 1 is 1.11 bits per heavy atom. The molecular weight excluding hydrogens is 494 g/mol. The largest absolute Gasteiger partial charge is 0.395 e. The maximum absolute atomic E-state index is 13.3. The summed E-state index contributed by atoms with van der Waals surface area (Å²) in [5.74, 6) is 0.0133. The predicted molar refractivity (Wildman–Crippen MR) is 144 cm³/mol. The molecule has 1 aromatic heterocycles. The van der Waals surface area contributed by atoms with Crippen molar-refractivity contribution in [3.63, 3.8) is 0 Å². The van der Waals surface area contributed by atoms with Crippen molar-refractivity contribution in [2.75, 3.05) is 65.0 Å². The van der Waals surface area contributed by atoms with E-state index in [2.05, 4.69) is 24.8 Å². The van der Waals surface area contributed by atoms with E-state index in [0.717, 1.165) is 50.5 Å². The Morgan fingerprint density at radius 2 is 1.89 bits per heavy atom. The molecule has 37 heavy (non-hydrogen) atoms. The van der Waals surface area contributed by atoms with E-state index < -0.39 is 22.4 Å². The molecule has 2 aliphatic heterocycles. The highest BCUT2D eigenvalue weighted by Crippen LogP contribution is 2.54. The van der Waals surface area contributed by atoms with E-state index in [0.29, 0.717) is 29.0 Å². The van der Waals surface area contributed by atoms with Crippen LogP contribution in [0.4, 0.5) is 22.9 Å². The van der Waals surface area contributed by atoms with Crippen molar-refractivity contribution in [2.45, 2.75) is 38.7 Å². The number of aliphatic hydroxyl groups is 1. The van der Waals surface area contributed by atoms with Gasteiger partial charge >= 0.3 is 0 Å². The van der Waals surface area contributed by atoms with Crippen molar-refractivity contribution in [1.29, 1.82) is 0 Å². The zero-order chi connectivity index (χ0) is 26.0. The summed E-state index contributed by atoms with van der Waals surface area (Å²) in [5, 5.41) is 12.1. The van der Waals surface area contributed by atoms with Crippen molar-refractivity contribution >= 4 is 38.8 Å². The number of sulfonamides is 1. The van der Waals surface area contributed by atoms with E-state index in [1.54, 1.807) is 18.3 Å². The molecule has 1 aliphatic carbocycles. The molecule has 3 aliphatic rings. The summed E-state index contributed by atoms with van der Waals surface area (Å²) in [6.07, 6.45) is 6.55. The number of aromatic nitrogens is 1.